The number of piperazine rings is 1. The minimum Gasteiger partial charge on any atom is -0.312 e. The molecule has 3 rings (SSSR count). The summed E-state index contributed by atoms with van der Waals surface area (Å²) in [4.78, 5) is 17.2. The number of rotatable bonds is 4. The van der Waals surface area contributed by atoms with Crippen LogP contribution < -0.4 is 5.32 Å². The molecule has 0 radical (unpaired) electrons. The molecule has 4 heteroatoms. The fourth-order valence-electron chi connectivity index (χ4n) is 3.39. The highest BCUT2D eigenvalue weighted by Gasteiger charge is 2.35. The first-order valence-electron chi connectivity index (χ1n) is 8.21. The van der Waals surface area contributed by atoms with Crippen LogP contribution in [0.25, 0.3) is 0 Å². The second kappa shape index (κ2) is 6.27. The fourth-order valence-corrected chi connectivity index (χ4v) is 3.39. The first-order chi connectivity index (χ1) is 9.74. The Morgan fingerprint density at radius 2 is 2.30 bits per heavy atom. The van der Waals surface area contributed by atoms with Crippen molar-refractivity contribution in [2.24, 2.45) is 0 Å². The molecule has 1 heterocycles. The molecule has 0 aromatic rings. The van der Waals surface area contributed by atoms with E-state index in [0.29, 0.717) is 24.5 Å². The molecule has 1 saturated carbocycles. The van der Waals surface area contributed by atoms with Gasteiger partial charge in [0.1, 0.15) is 0 Å². The van der Waals surface area contributed by atoms with Gasteiger partial charge < -0.3 is 10.2 Å². The smallest absolute Gasteiger partial charge is 0.241 e. The molecule has 0 spiro atoms. The standard InChI is InChI=1S/C16H27N3O/c1-13-11-18(10-9-17-13)12-16(20)19(15-7-8-15)14-5-3-2-4-6-14/h5,13,15,17H,2-4,6-12H2,1H3/t13-/m1/s1. The third-order valence-electron chi connectivity index (χ3n) is 4.57. The van der Waals surface area contributed by atoms with Gasteiger partial charge in [0.25, 0.3) is 0 Å². The normalized spacial score (nSPS) is 28.1. The lowest BCUT2D eigenvalue weighted by Crippen LogP contribution is -2.52. The first-order valence-corrected chi connectivity index (χ1v) is 8.21. The lowest BCUT2D eigenvalue weighted by Gasteiger charge is -2.34. The summed E-state index contributed by atoms with van der Waals surface area (Å²) in [6, 6.07) is 1.01. The summed E-state index contributed by atoms with van der Waals surface area (Å²) in [5.74, 6) is 0.328. The van der Waals surface area contributed by atoms with Crippen molar-refractivity contribution in [2.45, 2.75) is 57.5 Å². The van der Waals surface area contributed by atoms with Gasteiger partial charge in [-0.15, -0.1) is 0 Å². The number of carbonyl (C=O) groups excluding carboxylic acids is 1. The Morgan fingerprint density at radius 3 is 2.95 bits per heavy atom. The van der Waals surface area contributed by atoms with Gasteiger partial charge in [-0.1, -0.05) is 6.08 Å². The maximum absolute atomic E-state index is 12.7. The summed E-state index contributed by atoms with van der Waals surface area (Å²) >= 11 is 0. The van der Waals surface area contributed by atoms with E-state index < -0.39 is 0 Å². The van der Waals surface area contributed by atoms with Crippen LogP contribution in [0.15, 0.2) is 11.8 Å². The molecule has 1 aliphatic heterocycles. The van der Waals surface area contributed by atoms with Crippen LogP contribution in [0.3, 0.4) is 0 Å². The molecular formula is C16H27N3O. The summed E-state index contributed by atoms with van der Waals surface area (Å²) in [6.45, 7) is 5.77. The van der Waals surface area contributed by atoms with E-state index in [-0.39, 0.29) is 0 Å². The largest absolute Gasteiger partial charge is 0.312 e. The van der Waals surface area contributed by atoms with E-state index in [1.165, 1.54) is 31.4 Å². The molecule has 2 aliphatic carbocycles. The van der Waals surface area contributed by atoms with Crippen molar-refractivity contribution in [3.63, 3.8) is 0 Å². The number of hydrogen-bond acceptors (Lipinski definition) is 3. The second-order valence-corrected chi connectivity index (χ2v) is 6.53. The molecule has 0 aromatic carbocycles. The van der Waals surface area contributed by atoms with Crippen molar-refractivity contribution in [3.05, 3.63) is 11.8 Å². The minimum absolute atomic E-state index is 0.328. The molecule has 0 unspecified atom stereocenters. The number of carbonyl (C=O) groups is 1. The van der Waals surface area contributed by atoms with E-state index in [1.807, 2.05) is 0 Å². The third-order valence-corrected chi connectivity index (χ3v) is 4.57. The Morgan fingerprint density at radius 1 is 1.45 bits per heavy atom. The Bertz CT molecular complexity index is 389. The molecule has 2 fully saturated rings. The monoisotopic (exact) mass is 277 g/mol. The van der Waals surface area contributed by atoms with Gasteiger partial charge in [-0.05, 0) is 45.4 Å². The third kappa shape index (κ3) is 3.41. The highest BCUT2D eigenvalue weighted by molar-refractivity contribution is 5.80. The average Bonchev–Trinajstić information content (AvgIpc) is 3.25. The van der Waals surface area contributed by atoms with Crippen LogP contribution in [-0.2, 0) is 4.79 Å². The van der Waals surface area contributed by atoms with Crippen LogP contribution >= 0.6 is 0 Å². The van der Waals surface area contributed by atoms with E-state index in [1.54, 1.807) is 0 Å². The summed E-state index contributed by atoms with van der Waals surface area (Å²) < 4.78 is 0. The summed E-state index contributed by atoms with van der Waals surface area (Å²) in [6.07, 6.45) is 9.47. The number of nitrogens with one attached hydrogen (secondary N) is 1. The Balaban J connectivity index is 1.62. The van der Waals surface area contributed by atoms with E-state index >= 15 is 0 Å². The van der Waals surface area contributed by atoms with Gasteiger partial charge in [0.15, 0.2) is 0 Å². The van der Waals surface area contributed by atoms with Crippen LogP contribution in [-0.4, -0.2) is 54.0 Å². The minimum atomic E-state index is 0.328. The zero-order chi connectivity index (χ0) is 13.9. The van der Waals surface area contributed by atoms with Gasteiger partial charge >= 0.3 is 0 Å². The molecule has 112 valence electrons. The van der Waals surface area contributed by atoms with E-state index in [4.69, 9.17) is 0 Å². The van der Waals surface area contributed by atoms with E-state index in [9.17, 15) is 4.79 Å². The zero-order valence-corrected chi connectivity index (χ0v) is 12.6. The van der Waals surface area contributed by atoms with Crippen molar-refractivity contribution in [1.29, 1.82) is 0 Å². The molecule has 3 aliphatic rings. The van der Waals surface area contributed by atoms with Gasteiger partial charge in [-0.25, -0.2) is 0 Å². The summed E-state index contributed by atoms with van der Waals surface area (Å²) in [7, 11) is 0. The molecule has 20 heavy (non-hydrogen) atoms. The lowest BCUT2D eigenvalue weighted by atomic mass is 10.0. The molecule has 4 nitrogen and oxygen atoms in total. The van der Waals surface area contributed by atoms with Crippen molar-refractivity contribution in [3.8, 4) is 0 Å². The molecular weight excluding hydrogens is 250 g/mol. The zero-order valence-electron chi connectivity index (χ0n) is 12.6. The van der Waals surface area contributed by atoms with Crippen molar-refractivity contribution in [1.82, 2.24) is 15.1 Å². The van der Waals surface area contributed by atoms with Crippen LogP contribution in [0.5, 0.6) is 0 Å². The SMILES string of the molecule is C[C@@H]1CN(CC(=O)N(C2=CCCCC2)C2CC2)CCN1. The predicted octanol–water partition coefficient (Wildman–Crippen LogP) is 1.73. The van der Waals surface area contributed by atoms with Gasteiger partial charge in [0, 0.05) is 37.4 Å². The van der Waals surface area contributed by atoms with Crippen LogP contribution in [0.4, 0.5) is 0 Å². The van der Waals surface area contributed by atoms with Gasteiger partial charge in [-0.2, -0.15) is 0 Å². The van der Waals surface area contributed by atoms with Gasteiger partial charge in [0.05, 0.1) is 6.54 Å². The van der Waals surface area contributed by atoms with Crippen LogP contribution in [0.2, 0.25) is 0 Å². The Kier molecular flexibility index (Phi) is 4.41. The number of nitrogens with zero attached hydrogens (tertiary/aromatic N) is 2. The number of hydrogen-bond donors (Lipinski definition) is 1. The quantitative estimate of drug-likeness (QED) is 0.850. The predicted molar refractivity (Wildman–Crippen MR) is 80.3 cm³/mol. The fraction of sp³-hybridized carbons (Fsp3) is 0.812. The maximum Gasteiger partial charge on any atom is 0.241 e. The molecule has 1 amide bonds. The van der Waals surface area contributed by atoms with Crippen molar-refractivity contribution in [2.75, 3.05) is 26.2 Å². The highest BCUT2D eigenvalue weighted by atomic mass is 16.2. The van der Waals surface area contributed by atoms with Gasteiger partial charge in [-0.3, -0.25) is 9.69 Å². The average molecular weight is 277 g/mol. The van der Waals surface area contributed by atoms with Crippen molar-refractivity contribution >= 4 is 5.91 Å². The first kappa shape index (κ1) is 14.1. The van der Waals surface area contributed by atoms with Crippen molar-refractivity contribution < 1.29 is 4.79 Å². The highest BCUT2D eigenvalue weighted by Crippen LogP contribution is 2.33. The van der Waals surface area contributed by atoms with Crippen LogP contribution in [0.1, 0.15) is 45.4 Å². The maximum atomic E-state index is 12.7. The Hall–Kier alpha value is -0.870. The van der Waals surface area contributed by atoms with Gasteiger partial charge in [0.2, 0.25) is 5.91 Å². The van der Waals surface area contributed by atoms with E-state index in [2.05, 4.69) is 28.1 Å². The van der Waals surface area contributed by atoms with Crippen LogP contribution in [0, 0.1) is 0 Å². The summed E-state index contributed by atoms with van der Waals surface area (Å²) in [5, 5.41) is 3.43. The molecule has 0 aromatic heterocycles. The molecule has 1 atom stereocenters. The molecule has 1 N–H and O–H groups in total. The topological polar surface area (TPSA) is 35.6 Å². The lowest BCUT2D eigenvalue weighted by molar-refractivity contribution is -0.131. The van der Waals surface area contributed by atoms with E-state index in [0.717, 1.165) is 32.5 Å². The Labute approximate surface area is 122 Å². The molecule has 0 bridgehead atoms. The number of amides is 1. The second-order valence-electron chi connectivity index (χ2n) is 6.53. The summed E-state index contributed by atoms with van der Waals surface area (Å²) in [5.41, 5.74) is 1.31. The molecule has 1 saturated heterocycles. The number of allylic oxidation sites excluding steroid dienone is 2.